The van der Waals surface area contributed by atoms with Gasteiger partial charge in [-0.25, -0.2) is 0 Å². The molecule has 0 bridgehead atoms. The summed E-state index contributed by atoms with van der Waals surface area (Å²) in [4.78, 5) is 12.3. The minimum absolute atomic E-state index is 0.0465. The molecular weight excluding hydrogens is 346 g/mol. The molecule has 0 saturated carbocycles. The number of nitrogens with one attached hydrogen (secondary N) is 1. The minimum atomic E-state index is -0.0506. The lowest BCUT2D eigenvalue weighted by Gasteiger charge is -2.21. The Morgan fingerprint density at radius 2 is 1.86 bits per heavy atom. The third-order valence-corrected chi connectivity index (χ3v) is 5.46. The van der Waals surface area contributed by atoms with Gasteiger partial charge in [0.05, 0.1) is 0 Å². The number of phenolic OH excluding ortho intramolecular Hbond substituents is 1. The van der Waals surface area contributed by atoms with Gasteiger partial charge in [0, 0.05) is 17.5 Å². The first-order valence-corrected chi connectivity index (χ1v) is 9.83. The van der Waals surface area contributed by atoms with Crippen LogP contribution in [-0.4, -0.2) is 11.0 Å². The molecule has 1 unspecified atom stereocenters. The quantitative estimate of drug-likeness (QED) is 0.768. The second-order valence-corrected chi connectivity index (χ2v) is 7.77. The largest absolute Gasteiger partial charge is 0.508 e. The van der Waals surface area contributed by atoms with Crippen molar-refractivity contribution in [2.24, 2.45) is 5.92 Å². The third kappa shape index (κ3) is 3.53. The molecule has 28 heavy (non-hydrogen) atoms. The van der Waals surface area contributed by atoms with E-state index in [1.165, 1.54) is 22.3 Å². The zero-order chi connectivity index (χ0) is 19.7. The predicted molar refractivity (Wildman–Crippen MR) is 113 cm³/mol. The summed E-state index contributed by atoms with van der Waals surface area (Å²) in [5, 5.41) is 12.7. The standard InChI is InChI=1S/C25H25NO2/c1-16(2)25(28)26-24-9-5-8-21(24)23-15-18-6-3-4-7-20(18)22(23)14-17-10-12-19(27)13-11-17/h3-4,6-13,15-16,22,27H,5,14H2,1-2H3,(H,26,28). The third-order valence-electron chi connectivity index (χ3n) is 5.46. The van der Waals surface area contributed by atoms with Crippen molar-refractivity contribution >= 4 is 12.0 Å². The first kappa shape index (κ1) is 18.3. The molecule has 4 rings (SSSR count). The van der Waals surface area contributed by atoms with Crippen molar-refractivity contribution in [3.63, 3.8) is 0 Å². The van der Waals surface area contributed by atoms with Gasteiger partial charge >= 0.3 is 0 Å². The van der Waals surface area contributed by atoms with Crippen LogP contribution < -0.4 is 5.32 Å². The van der Waals surface area contributed by atoms with E-state index < -0.39 is 0 Å². The van der Waals surface area contributed by atoms with Crippen LogP contribution in [0, 0.1) is 5.92 Å². The molecule has 142 valence electrons. The molecule has 3 nitrogen and oxygen atoms in total. The highest BCUT2D eigenvalue weighted by atomic mass is 16.3. The van der Waals surface area contributed by atoms with Crippen LogP contribution in [0.4, 0.5) is 0 Å². The Morgan fingerprint density at radius 3 is 2.61 bits per heavy atom. The summed E-state index contributed by atoms with van der Waals surface area (Å²) in [6.45, 7) is 3.82. The molecule has 0 saturated heterocycles. The fraction of sp³-hybridized carbons (Fsp3) is 0.240. The Balaban J connectivity index is 1.66. The molecule has 0 radical (unpaired) electrons. The SMILES string of the molecule is CC(C)C(=O)NC1=CCC=C1C1=Cc2ccccc2C1Cc1ccc(O)cc1. The Labute approximate surface area is 166 Å². The molecule has 0 aromatic heterocycles. The van der Waals surface area contributed by atoms with Gasteiger partial charge in [-0.3, -0.25) is 4.79 Å². The molecule has 0 spiro atoms. The topological polar surface area (TPSA) is 49.3 Å². The summed E-state index contributed by atoms with van der Waals surface area (Å²) in [6.07, 6.45) is 8.25. The maximum Gasteiger partial charge on any atom is 0.226 e. The predicted octanol–water partition coefficient (Wildman–Crippen LogP) is 5.10. The van der Waals surface area contributed by atoms with E-state index in [0.717, 1.165) is 24.1 Å². The van der Waals surface area contributed by atoms with Crippen molar-refractivity contribution in [1.29, 1.82) is 0 Å². The maximum atomic E-state index is 12.3. The second kappa shape index (κ2) is 7.51. The summed E-state index contributed by atoms with van der Waals surface area (Å²) in [5.74, 6) is 0.506. The molecule has 2 aromatic carbocycles. The number of fused-ring (bicyclic) bond motifs is 1. The van der Waals surface area contributed by atoms with Crippen LogP contribution >= 0.6 is 0 Å². The number of hydrogen-bond donors (Lipinski definition) is 2. The van der Waals surface area contributed by atoms with Crippen molar-refractivity contribution in [1.82, 2.24) is 5.32 Å². The molecule has 2 aliphatic carbocycles. The first-order chi connectivity index (χ1) is 13.5. The Kier molecular flexibility index (Phi) is 4.91. The van der Waals surface area contributed by atoms with Crippen molar-refractivity contribution < 1.29 is 9.90 Å². The highest BCUT2D eigenvalue weighted by Gasteiger charge is 2.30. The van der Waals surface area contributed by atoms with Crippen LogP contribution in [0.3, 0.4) is 0 Å². The zero-order valence-electron chi connectivity index (χ0n) is 16.3. The summed E-state index contributed by atoms with van der Waals surface area (Å²) in [7, 11) is 0. The van der Waals surface area contributed by atoms with E-state index in [0.29, 0.717) is 0 Å². The van der Waals surface area contributed by atoms with Crippen molar-refractivity contribution in [2.75, 3.05) is 0 Å². The number of amides is 1. The number of rotatable bonds is 5. The van der Waals surface area contributed by atoms with Gasteiger partial charge in [-0.2, -0.15) is 0 Å². The molecule has 0 fully saturated rings. The normalized spacial score (nSPS) is 17.8. The van der Waals surface area contributed by atoms with E-state index >= 15 is 0 Å². The van der Waals surface area contributed by atoms with Crippen LogP contribution in [0.15, 0.2) is 77.5 Å². The van der Waals surface area contributed by atoms with Gasteiger partial charge < -0.3 is 10.4 Å². The van der Waals surface area contributed by atoms with Crippen LogP contribution in [0.1, 0.15) is 42.9 Å². The van der Waals surface area contributed by atoms with Crippen LogP contribution in [0.2, 0.25) is 0 Å². The van der Waals surface area contributed by atoms with Crippen molar-refractivity contribution in [3.05, 3.63) is 94.2 Å². The second-order valence-electron chi connectivity index (χ2n) is 7.77. The highest BCUT2D eigenvalue weighted by Crippen LogP contribution is 2.44. The summed E-state index contributed by atoms with van der Waals surface area (Å²) in [5.41, 5.74) is 7.04. The van der Waals surface area contributed by atoms with E-state index in [4.69, 9.17) is 0 Å². The van der Waals surface area contributed by atoms with Gasteiger partial charge in [-0.05, 0) is 52.8 Å². The fourth-order valence-electron chi connectivity index (χ4n) is 3.93. The van der Waals surface area contributed by atoms with Gasteiger partial charge in [0.15, 0.2) is 0 Å². The summed E-state index contributed by atoms with van der Waals surface area (Å²) in [6, 6.07) is 15.9. The van der Waals surface area contributed by atoms with E-state index in [2.05, 4.69) is 47.8 Å². The van der Waals surface area contributed by atoms with Gasteiger partial charge in [0.1, 0.15) is 5.75 Å². The van der Waals surface area contributed by atoms with E-state index in [-0.39, 0.29) is 23.5 Å². The minimum Gasteiger partial charge on any atom is -0.508 e. The van der Waals surface area contributed by atoms with Crippen molar-refractivity contribution in [2.45, 2.75) is 32.6 Å². The molecule has 1 amide bonds. The smallest absolute Gasteiger partial charge is 0.226 e. The molecule has 0 heterocycles. The van der Waals surface area contributed by atoms with E-state index in [9.17, 15) is 9.90 Å². The van der Waals surface area contributed by atoms with Gasteiger partial charge in [0.25, 0.3) is 0 Å². The number of allylic oxidation sites excluding steroid dienone is 3. The molecule has 0 aliphatic heterocycles. The summed E-state index contributed by atoms with van der Waals surface area (Å²) < 4.78 is 0. The first-order valence-electron chi connectivity index (χ1n) is 9.83. The molecule has 1 atom stereocenters. The average Bonchev–Trinajstić information content (AvgIpc) is 3.28. The monoisotopic (exact) mass is 371 g/mol. The van der Waals surface area contributed by atoms with Gasteiger partial charge in [-0.1, -0.05) is 68.5 Å². The number of carbonyl (C=O) groups excluding carboxylic acids is 1. The molecule has 2 aliphatic rings. The number of benzene rings is 2. The fourth-order valence-corrected chi connectivity index (χ4v) is 3.93. The van der Waals surface area contributed by atoms with Crippen LogP contribution in [0.5, 0.6) is 5.75 Å². The molecule has 2 aromatic rings. The van der Waals surface area contributed by atoms with E-state index in [1.807, 2.05) is 26.0 Å². The number of carbonyl (C=O) groups is 1. The Morgan fingerprint density at radius 1 is 1.11 bits per heavy atom. The van der Waals surface area contributed by atoms with Gasteiger partial charge in [0.2, 0.25) is 5.91 Å². The average molecular weight is 371 g/mol. The lowest BCUT2D eigenvalue weighted by molar-refractivity contribution is -0.123. The van der Waals surface area contributed by atoms with Crippen LogP contribution in [0.25, 0.3) is 6.08 Å². The van der Waals surface area contributed by atoms with Gasteiger partial charge in [-0.15, -0.1) is 0 Å². The van der Waals surface area contributed by atoms with Crippen molar-refractivity contribution in [3.8, 4) is 5.75 Å². The Hall–Kier alpha value is -3.07. The number of aromatic hydroxyl groups is 1. The van der Waals surface area contributed by atoms with E-state index in [1.54, 1.807) is 12.1 Å². The summed E-state index contributed by atoms with van der Waals surface area (Å²) >= 11 is 0. The lowest BCUT2D eigenvalue weighted by atomic mass is 9.85. The molecular formula is C25H25NO2. The number of hydrogen-bond acceptors (Lipinski definition) is 2. The number of phenols is 1. The van der Waals surface area contributed by atoms with Crippen LogP contribution in [-0.2, 0) is 11.2 Å². The Bertz CT molecular complexity index is 993. The molecule has 2 N–H and O–H groups in total. The zero-order valence-corrected chi connectivity index (χ0v) is 16.3. The highest BCUT2D eigenvalue weighted by molar-refractivity contribution is 5.83. The maximum absolute atomic E-state index is 12.3. The lowest BCUT2D eigenvalue weighted by Crippen LogP contribution is -2.28. The molecule has 3 heteroatoms.